The van der Waals surface area contributed by atoms with E-state index in [9.17, 15) is 9.59 Å². The second-order valence-corrected chi connectivity index (χ2v) is 7.33. The van der Waals surface area contributed by atoms with Crippen molar-refractivity contribution in [2.24, 2.45) is 0 Å². The summed E-state index contributed by atoms with van der Waals surface area (Å²) in [6, 6.07) is 14.3. The second-order valence-electron chi connectivity index (χ2n) is 6.33. The normalized spacial score (nSPS) is 10.9. The first kappa shape index (κ1) is 17.9. The molecule has 0 saturated carbocycles. The number of nitrogens with one attached hydrogen (secondary N) is 1. The van der Waals surface area contributed by atoms with Gasteiger partial charge in [-0.05, 0) is 49.4 Å². The van der Waals surface area contributed by atoms with Crippen LogP contribution in [0.1, 0.15) is 27.0 Å². The SMILES string of the molecule is COc1ccc2cc3c(N)c(C(=O)Nc4ccc(C(C)=O)cc4)sc3nc2c1. The molecule has 0 saturated heterocycles. The summed E-state index contributed by atoms with van der Waals surface area (Å²) in [5.74, 6) is 0.384. The van der Waals surface area contributed by atoms with Crippen LogP contribution in [0.15, 0.2) is 48.5 Å². The molecule has 6 nitrogen and oxygen atoms in total. The Bertz CT molecular complexity index is 1230. The summed E-state index contributed by atoms with van der Waals surface area (Å²) in [5.41, 5.74) is 8.61. The monoisotopic (exact) mass is 391 g/mol. The van der Waals surface area contributed by atoms with E-state index in [0.717, 1.165) is 22.0 Å². The van der Waals surface area contributed by atoms with Gasteiger partial charge in [0, 0.05) is 28.1 Å². The lowest BCUT2D eigenvalue weighted by atomic mass is 10.1. The molecule has 0 unspecified atom stereocenters. The molecule has 4 rings (SSSR count). The van der Waals surface area contributed by atoms with Crippen LogP contribution in [0.2, 0.25) is 0 Å². The molecule has 0 aliphatic carbocycles. The molecule has 2 heterocycles. The molecule has 3 N–H and O–H groups in total. The quantitative estimate of drug-likeness (QED) is 0.500. The van der Waals surface area contributed by atoms with Gasteiger partial charge in [0.25, 0.3) is 5.91 Å². The number of nitrogen functional groups attached to an aromatic ring is 1. The first-order valence-electron chi connectivity index (χ1n) is 8.55. The number of ketones is 1. The van der Waals surface area contributed by atoms with Gasteiger partial charge in [0.1, 0.15) is 15.5 Å². The Morgan fingerprint density at radius 2 is 1.86 bits per heavy atom. The number of nitrogens with zero attached hydrogens (tertiary/aromatic N) is 1. The first-order valence-corrected chi connectivity index (χ1v) is 9.37. The van der Waals surface area contributed by atoms with Gasteiger partial charge in [-0.3, -0.25) is 9.59 Å². The average Bonchev–Trinajstić information content (AvgIpc) is 3.02. The fourth-order valence-electron chi connectivity index (χ4n) is 2.95. The van der Waals surface area contributed by atoms with Crippen LogP contribution in [0.25, 0.3) is 21.1 Å². The molecule has 1 amide bonds. The molecule has 7 heteroatoms. The largest absolute Gasteiger partial charge is 0.497 e. The lowest BCUT2D eigenvalue weighted by Gasteiger charge is -2.05. The molecule has 0 fully saturated rings. The number of hydrogen-bond donors (Lipinski definition) is 2. The van der Waals surface area contributed by atoms with E-state index in [1.54, 1.807) is 31.4 Å². The zero-order valence-corrected chi connectivity index (χ0v) is 16.1. The number of benzene rings is 2. The molecule has 0 aliphatic heterocycles. The Kier molecular flexibility index (Phi) is 4.44. The number of anilines is 2. The number of ether oxygens (including phenoxy) is 1. The number of pyridine rings is 1. The van der Waals surface area contributed by atoms with Gasteiger partial charge in [-0.1, -0.05) is 0 Å². The van der Waals surface area contributed by atoms with Gasteiger partial charge in [0.2, 0.25) is 0 Å². The number of amides is 1. The third-order valence-electron chi connectivity index (χ3n) is 4.48. The van der Waals surface area contributed by atoms with Crippen LogP contribution in [0.5, 0.6) is 5.75 Å². The number of carbonyl (C=O) groups excluding carboxylic acids is 2. The summed E-state index contributed by atoms with van der Waals surface area (Å²) in [7, 11) is 1.61. The standard InChI is InChI=1S/C21H17N3O3S/c1-11(25)12-3-6-14(7-4-12)23-20(26)19-18(22)16-9-13-5-8-15(27-2)10-17(13)24-21(16)28-19/h3-10H,22H2,1-2H3,(H,23,26). The van der Waals surface area contributed by atoms with E-state index >= 15 is 0 Å². The van der Waals surface area contributed by atoms with Crippen molar-refractivity contribution in [2.75, 3.05) is 18.2 Å². The fraction of sp³-hybridized carbons (Fsp3) is 0.0952. The number of fused-ring (bicyclic) bond motifs is 2. The third kappa shape index (κ3) is 3.16. The molecule has 0 bridgehead atoms. The van der Waals surface area contributed by atoms with Crippen molar-refractivity contribution in [3.05, 3.63) is 59.0 Å². The van der Waals surface area contributed by atoms with Crippen LogP contribution in [0, 0.1) is 0 Å². The van der Waals surface area contributed by atoms with E-state index < -0.39 is 0 Å². The summed E-state index contributed by atoms with van der Waals surface area (Å²) in [4.78, 5) is 29.8. The number of aromatic nitrogens is 1. The predicted octanol–water partition coefficient (Wildman–Crippen LogP) is 4.50. The Balaban J connectivity index is 1.69. The minimum Gasteiger partial charge on any atom is -0.497 e. The maximum Gasteiger partial charge on any atom is 0.267 e. The number of methoxy groups -OCH3 is 1. The molecule has 0 aliphatic rings. The molecular weight excluding hydrogens is 374 g/mol. The minimum absolute atomic E-state index is 0.0265. The zero-order chi connectivity index (χ0) is 19.8. The number of rotatable bonds is 4. The molecule has 0 atom stereocenters. The van der Waals surface area contributed by atoms with E-state index in [1.807, 2.05) is 24.3 Å². The maximum atomic E-state index is 12.7. The van der Waals surface area contributed by atoms with Gasteiger partial charge < -0.3 is 15.8 Å². The van der Waals surface area contributed by atoms with Gasteiger partial charge in [-0.25, -0.2) is 4.98 Å². The first-order chi connectivity index (χ1) is 13.5. The molecule has 28 heavy (non-hydrogen) atoms. The number of carbonyl (C=O) groups is 2. The smallest absolute Gasteiger partial charge is 0.267 e. The Morgan fingerprint density at radius 3 is 2.54 bits per heavy atom. The number of nitrogens with two attached hydrogens (primary N) is 1. The van der Waals surface area contributed by atoms with Crippen molar-refractivity contribution in [3.8, 4) is 5.75 Å². The summed E-state index contributed by atoms with van der Waals surface area (Å²) in [6.07, 6.45) is 0. The van der Waals surface area contributed by atoms with E-state index in [4.69, 9.17) is 10.5 Å². The molecule has 2 aromatic carbocycles. The zero-order valence-electron chi connectivity index (χ0n) is 15.3. The van der Waals surface area contributed by atoms with Gasteiger partial charge in [0.15, 0.2) is 5.78 Å². The highest BCUT2D eigenvalue weighted by Crippen LogP contribution is 2.35. The summed E-state index contributed by atoms with van der Waals surface area (Å²) >= 11 is 1.24. The van der Waals surface area contributed by atoms with Crippen LogP contribution < -0.4 is 15.8 Å². The Hall–Kier alpha value is -3.45. The molecular formula is C21H17N3O3S. The molecule has 4 aromatic rings. The molecule has 140 valence electrons. The minimum atomic E-state index is -0.308. The van der Waals surface area contributed by atoms with Gasteiger partial charge in [-0.2, -0.15) is 0 Å². The van der Waals surface area contributed by atoms with Crippen LogP contribution in [0.4, 0.5) is 11.4 Å². The highest BCUT2D eigenvalue weighted by Gasteiger charge is 2.18. The van der Waals surface area contributed by atoms with Crippen molar-refractivity contribution in [1.29, 1.82) is 0 Å². The average molecular weight is 391 g/mol. The number of hydrogen-bond acceptors (Lipinski definition) is 6. The molecule has 0 spiro atoms. The van der Waals surface area contributed by atoms with Crippen LogP contribution >= 0.6 is 11.3 Å². The fourth-order valence-corrected chi connectivity index (χ4v) is 3.93. The van der Waals surface area contributed by atoms with Crippen molar-refractivity contribution in [2.45, 2.75) is 6.92 Å². The van der Waals surface area contributed by atoms with Crippen molar-refractivity contribution in [3.63, 3.8) is 0 Å². The van der Waals surface area contributed by atoms with Crippen molar-refractivity contribution < 1.29 is 14.3 Å². The number of Topliss-reactive ketones (excluding diaryl/α,β-unsaturated/α-hetero) is 1. The van der Waals surface area contributed by atoms with Gasteiger partial charge in [-0.15, -0.1) is 11.3 Å². The van der Waals surface area contributed by atoms with E-state index in [-0.39, 0.29) is 11.7 Å². The summed E-state index contributed by atoms with van der Waals surface area (Å²) < 4.78 is 5.24. The van der Waals surface area contributed by atoms with Crippen LogP contribution in [-0.4, -0.2) is 23.8 Å². The van der Waals surface area contributed by atoms with Crippen LogP contribution in [0.3, 0.4) is 0 Å². The maximum absolute atomic E-state index is 12.7. The molecule has 2 aromatic heterocycles. The predicted molar refractivity (Wildman–Crippen MR) is 112 cm³/mol. The lowest BCUT2D eigenvalue weighted by molar-refractivity contribution is 0.101. The highest BCUT2D eigenvalue weighted by atomic mass is 32.1. The topological polar surface area (TPSA) is 94.3 Å². The summed E-state index contributed by atoms with van der Waals surface area (Å²) in [6.45, 7) is 1.50. The highest BCUT2D eigenvalue weighted by molar-refractivity contribution is 7.21. The van der Waals surface area contributed by atoms with Gasteiger partial charge in [0.05, 0.1) is 18.3 Å². The van der Waals surface area contributed by atoms with Gasteiger partial charge >= 0.3 is 0 Å². The third-order valence-corrected chi connectivity index (χ3v) is 5.59. The van der Waals surface area contributed by atoms with Crippen molar-refractivity contribution >= 4 is 55.5 Å². The van der Waals surface area contributed by atoms with E-state index in [2.05, 4.69) is 10.3 Å². The Morgan fingerprint density at radius 1 is 1.11 bits per heavy atom. The summed E-state index contributed by atoms with van der Waals surface area (Å²) in [5, 5.41) is 4.49. The van der Waals surface area contributed by atoms with Crippen molar-refractivity contribution in [1.82, 2.24) is 4.98 Å². The van der Waals surface area contributed by atoms with E-state index in [1.165, 1.54) is 18.3 Å². The van der Waals surface area contributed by atoms with Crippen LogP contribution in [-0.2, 0) is 0 Å². The van der Waals surface area contributed by atoms with E-state index in [0.29, 0.717) is 26.6 Å². The lowest BCUT2D eigenvalue weighted by Crippen LogP contribution is -2.12. The molecule has 0 radical (unpaired) electrons. The number of thiophene rings is 1. The Labute approximate surface area is 164 Å². The second kappa shape index (κ2) is 6.94.